The molecule has 4 aromatic rings. The summed E-state index contributed by atoms with van der Waals surface area (Å²) in [6, 6.07) is 25.0. The molecule has 5 rings (SSSR count). The summed E-state index contributed by atoms with van der Waals surface area (Å²) in [6.07, 6.45) is 2.07. The van der Waals surface area contributed by atoms with E-state index in [1.165, 1.54) is 7.11 Å². The van der Waals surface area contributed by atoms with Crippen molar-refractivity contribution in [2.75, 3.05) is 7.11 Å². The van der Waals surface area contributed by atoms with Crippen LogP contribution < -0.4 is 10.0 Å². The standard InChI is InChI=1S/C31H33N3O5S/c1-34-27(21-9-5-3-6-10-21)19-24-15-18-26(20-28(24)34)40(37,38)33-25-16-13-23(14-17-25)30(35)32-29(31(36)39-2)22-11-7-4-8-12-22/h3-12,15,18-20,23,25,29,33H,13-14,16-17H2,1-2H3,(H,32,35)/t23?,25?,29-/m0/s1. The van der Waals surface area contributed by atoms with Crippen molar-refractivity contribution in [3.63, 3.8) is 0 Å². The maximum absolute atomic E-state index is 13.3. The summed E-state index contributed by atoms with van der Waals surface area (Å²) in [7, 11) is -0.531. The average molecular weight is 560 g/mol. The number of nitrogens with zero attached hydrogens (tertiary/aromatic N) is 1. The first kappa shape index (κ1) is 27.6. The predicted molar refractivity (Wildman–Crippen MR) is 154 cm³/mol. The Morgan fingerprint density at radius 1 is 0.900 bits per heavy atom. The Bertz CT molecular complexity index is 1610. The molecule has 1 aliphatic carbocycles. The van der Waals surface area contributed by atoms with E-state index in [1.807, 2.05) is 54.1 Å². The second kappa shape index (κ2) is 11.7. The number of fused-ring (bicyclic) bond motifs is 1. The smallest absolute Gasteiger partial charge is 0.333 e. The van der Waals surface area contributed by atoms with E-state index in [0.29, 0.717) is 31.2 Å². The van der Waals surface area contributed by atoms with Crippen LogP contribution in [0.25, 0.3) is 22.2 Å². The van der Waals surface area contributed by atoms with Crippen LogP contribution in [-0.4, -0.2) is 38.0 Å². The number of benzene rings is 3. The van der Waals surface area contributed by atoms with Crippen LogP contribution in [0.1, 0.15) is 37.3 Å². The lowest BCUT2D eigenvalue weighted by Gasteiger charge is -2.29. The topological polar surface area (TPSA) is 106 Å². The molecule has 0 unspecified atom stereocenters. The van der Waals surface area contributed by atoms with E-state index in [2.05, 4.69) is 16.1 Å². The van der Waals surface area contributed by atoms with Gasteiger partial charge in [-0.3, -0.25) is 4.79 Å². The minimum absolute atomic E-state index is 0.212. The number of carbonyl (C=O) groups is 2. The van der Waals surface area contributed by atoms with Crippen molar-refractivity contribution >= 4 is 32.8 Å². The number of aromatic nitrogens is 1. The SMILES string of the molecule is COC(=O)[C@@H](NC(=O)C1CCC(NS(=O)(=O)c2ccc3cc(-c4ccccc4)n(C)c3c2)CC1)c1ccccc1. The molecule has 3 aromatic carbocycles. The number of ether oxygens (including phenoxy) is 1. The molecule has 8 nitrogen and oxygen atoms in total. The highest BCUT2D eigenvalue weighted by atomic mass is 32.2. The first-order chi connectivity index (χ1) is 19.3. The summed E-state index contributed by atoms with van der Waals surface area (Å²) in [5.41, 5.74) is 3.55. The van der Waals surface area contributed by atoms with Gasteiger partial charge in [0, 0.05) is 35.6 Å². The van der Waals surface area contributed by atoms with Crippen LogP contribution in [0.5, 0.6) is 0 Å². The molecule has 1 heterocycles. The van der Waals surface area contributed by atoms with Crippen molar-refractivity contribution in [3.8, 4) is 11.3 Å². The van der Waals surface area contributed by atoms with Gasteiger partial charge in [-0.15, -0.1) is 0 Å². The molecule has 2 N–H and O–H groups in total. The lowest BCUT2D eigenvalue weighted by atomic mass is 9.85. The van der Waals surface area contributed by atoms with Gasteiger partial charge in [0.15, 0.2) is 6.04 Å². The van der Waals surface area contributed by atoms with E-state index in [9.17, 15) is 18.0 Å². The van der Waals surface area contributed by atoms with Crippen LogP contribution in [-0.2, 0) is 31.4 Å². The number of esters is 1. The number of amides is 1. The maximum Gasteiger partial charge on any atom is 0.333 e. The van der Waals surface area contributed by atoms with Gasteiger partial charge < -0.3 is 14.6 Å². The number of carbonyl (C=O) groups excluding carboxylic acids is 2. The monoisotopic (exact) mass is 559 g/mol. The number of rotatable bonds is 8. The van der Waals surface area contributed by atoms with Crippen LogP contribution in [0, 0.1) is 5.92 Å². The number of methoxy groups -OCH3 is 1. The van der Waals surface area contributed by atoms with E-state index in [0.717, 1.165) is 22.2 Å². The molecule has 0 saturated heterocycles. The predicted octanol–water partition coefficient (Wildman–Crippen LogP) is 4.71. The summed E-state index contributed by atoms with van der Waals surface area (Å²) in [5.74, 6) is -1.08. The first-order valence-electron chi connectivity index (χ1n) is 13.4. The van der Waals surface area contributed by atoms with E-state index in [4.69, 9.17) is 4.74 Å². The third kappa shape index (κ3) is 5.80. The zero-order valence-electron chi connectivity index (χ0n) is 22.5. The molecule has 208 valence electrons. The van der Waals surface area contributed by atoms with Crippen molar-refractivity contribution in [1.29, 1.82) is 0 Å². The number of aryl methyl sites for hydroxylation is 1. The molecule has 0 radical (unpaired) electrons. The normalized spacial score (nSPS) is 18.2. The lowest BCUT2D eigenvalue weighted by Crippen LogP contribution is -2.42. The zero-order valence-corrected chi connectivity index (χ0v) is 23.4. The van der Waals surface area contributed by atoms with Gasteiger partial charge in [0.05, 0.1) is 12.0 Å². The van der Waals surface area contributed by atoms with E-state index >= 15 is 0 Å². The van der Waals surface area contributed by atoms with Gasteiger partial charge in [-0.2, -0.15) is 0 Å². The lowest BCUT2D eigenvalue weighted by molar-refractivity contribution is -0.146. The molecule has 0 aliphatic heterocycles. The van der Waals surface area contributed by atoms with Gasteiger partial charge in [0.1, 0.15) is 0 Å². The van der Waals surface area contributed by atoms with E-state index in [1.54, 1.807) is 36.4 Å². The Labute approximate surface area is 234 Å². The van der Waals surface area contributed by atoms with E-state index in [-0.39, 0.29) is 22.8 Å². The Hall–Kier alpha value is -3.95. The summed E-state index contributed by atoms with van der Waals surface area (Å²) >= 11 is 0. The quantitative estimate of drug-likeness (QED) is 0.304. The molecule has 1 atom stereocenters. The summed E-state index contributed by atoms with van der Waals surface area (Å²) < 4.78 is 36.4. The van der Waals surface area contributed by atoms with Gasteiger partial charge in [0.25, 0.3) is 0 Å². The second-order valence-electron chi connectivity index (χ2n) is 10.2. The number of hydrogen-bond donors (Lipinski definition) is 2. The maximum atomic E-state index is 13.3. The Kier molecular flexibility index (Phi) is 8.04. The Morgan fingerprint density at radius 3 is 2.20 bits per heavy atom. The summed E-state index contributed by atoms with van der Waals surface area (Å²) in [5, 5.41) is 3.79. The van der Waals surface area contributed by atoms with E-state index < -0.39 is 22.0 Å². The van der Waals surface area contributed by atoms with Crippen LogP contribution in [0.2, 0.25) is 0 Å². The highest BCUT2D eigenvalue weighted by Gasteiger charge is 2.32. The highest BCUT2D eigenvalue weighted by Crippen LogP contribution is 2.30. The van der Waals surface area contributed by atoms with Gasteiger partial charge in [-0.25, -0.2) is 17.9 Å². The second-order valence-corrected chi connectivity index (χ2v) is 11.9. The molecule has 1 amide bonds. The van der Waals surface area contributed by atoms with Crippen molar-refractivity contribution in [2.45, 2.75) is 42.7 Å². The van der Waals surface area contributed by atoms with Crippen LogP contribution in [0.4, 0.5) is 0 Å². The molecule has 1 fully saturated rings. The van der Waals surface area contributed by atoms with Crippen molar-refractivity contribution in [3.05, 3.63) is 90.5 Å². The molecule has 0 spiro atoms. The van der Waals surface area contributed by atoms with Gasteiger partial charge in [-0.05, 0) is 55.0 Å². The van der Waals surface area contributed by atoms with Gasteiger partial charge in [0.2, 0.25) is 15.9 Å². The highest BCUT2D eigenvalue weighted by molar-refractivity contribution is 7.89. The van der Waals surface area contributed by atoms with Gasteiger partial charge >= 0.3 is 5.97 Å². The fourth-order valence-corrected chi connectivity index (χ4v) is 6.75. The summed E-state index contributed by atoms with van der Waals surface area (Å²) in [6.45, 7) is 0. The molecule has 0 bridgehead atoms. The molecule has 9 heteroatoms. The van der Waals surface area contributed by atoms with Crippen LogP contribution in [0.3, 0.4) is 0 Å². The third-order valence-corrected chi connectivity index (χ3v) is 9.19. The molecule has 40 heavy (non-hydrogen) atoms. The fourth-order valence-electron chi connectivity index (χ4n) is 5.43. The van der Waals surface area contributed by atoms with Crippen molar-refractivity contribution in [1.82, 2.24) is 14.6 Å². The summed E-state index contributed by atoms with van der Waals surface area (Å²) in [4.78, 5) is 25.6. The zero-order chi connectivity index (χ0) is 28.3. The number of sulfonamides is 1. The molecule has 1 saturated carbocycles. The van der Waals surface area contributed by atoms with Crippen molar-refractivity contribution in [2.24, 2.45) is 13.0 Å². The first-order valence-corrected chi connectivity index (χ1v) is 14.9. The number of nitrogens with one attached hydrogen (secondary N) is 2. The molecule has 1 aliphatic rings. The molecular formula is C31H33N3O5S. The minimum Gasteiger partial charge on any atom is -0.467 e. The minimum atomic E-state index is -3.76. The Balaban J connectivity index is 1.23. The fraction of sp³-hybridized carbons (Fsp3) is 0.290. The molecule has 1 aromatic heterocycles. The van der Waals surface area contributed by atoms with Crippen LogP contribution in [0.15, 0.2) is 89.8 Å². The average Bonchev–Trinajstić information content (AvgIpc) is 3.32. The van der Waals surface area contributed by atoms with Crippen molar-refractivity contribution < 1.29 is 22.7 Å². The Morgan fingerprint density at radius 2 is 1.55 bits per heavy atom. The van der Waals surface area contributed by atoms with Crippen LogP contribution >= 0.6 is 0 Å². The molecular weight excluding hydrogens is 526 g/mol. The third-order valence-electron chi connectivity index (χ3n) is 7.67. The number of hydrogen-bond acceptors (Lipinski definition) is 5. The largest absolute Gasteiger partial charge is 0.467 e. The van der Waals surface area contributed by atoms with Gasteiger partial charge in [-0.1, -0.05) is 66.7 Å².